The summed E-state index contributed by atoms with van der Waals surface area (Å²) in [6, 6.07) is 0.143. The second kappa shape index (κ2) is 6.57. The first kappa shape index (κ1) is 14.1. The zero-order chi connectivity index (χ0) is 11.2. The first-order valence-corrected chi connectivity index (χ1v) is 6.59. The van der Waals surface area contributed by atoms with Crippen LogP contribution in [0.15, 0.2) is 0 Å². The molecular weight excluding hydrogens is 201 g/mol. The molecule has 1 atom stereocenters. The quantitative estimate of drug-likeness (QED) is 0.622. The average Bonchev–Trinajstić information content (AvgIpc) is 2.14. The molecule has 0 aromatic rings. The Bertz CT molecular complexity index is 196. The third kappa shape index (κ3) is 4.09. The van der Waals surface area contributed by atoms with Gasteiger partial charge in [0, 0.05) is 6.04 Å². The lowest BCUT2D eigenvalue weighted by atomic mass is 10.4. The van der Waals surface area contributed by atoms with E-state index < -0.39 is 7.75 Å². The maximum atomic E-state index is 12.2. The highest BCUT2D eigenvalue weighted by molar-refractivity contribution is 7.51. The van der Waals surface area contributed by atoms with Crippen molar-refractivity contribution in [1.82, 2.24) is 4.67 Å². The Labute approximate surface area is 87.2 Å². The highest BCUT2D eigenvalue weighted by Crippen LogP contribution is 2.51. The van der Waals surface area contributed by atoms with Crippen LogP contribution >= 0.6 is 7.75 Å². The van der Waals surface area contributed by atoms with E-state index in [-0.39, 0.29) is 6.04 Å². The second-order valence-electron chi connectivity index (χ2n) is 3.39. The summed E-state index contributed by atoms with van der Waals surface area (Å²) in [5, 5.41) is 0. The molecule has 0 spiro atoms. The normalized spacial score (nSPS) is 16.2. The van der Waals surface area contributed by atoms with Crippen LogP contribution in [0.3, 0.4) is 0 Å². The van der Waals surface area contributed by atoms with Crippen molar-refractivity contribution in [3.05, 3.63) is 0 Å². The summed E-state index contributed by atoms with van der Waals surface area (Å²) in [4.78, 5) is 0. The predicted octanol–water partition coefficient (Wildman–Crippen LogP) is 2.90. The van der Waals surface area contributed by atoms with Crippen LogP contribution in [0.5, 0.6) is 0 Å². The maximum absolute atomic E-state index is 12.2. The smallest absolute Gasteiger partial charge is 0.297 e. The van der Waals surface area contributed by atoms with E-state index in [0.29, 0.717) is 13.2 Å². The minimum atomic E-state index is -3.05. The van der Waals surface area contributed by atoms with E-state index in [0.717, 1.165) is 6.42 Å². The van der Waals surface area contributed by atoms with E-state index in [2.05, 4.69) is 0 Å². The number of nitrogens with zero attached hydrogens (tertiary/aromatic N) is 1. The van der Waals surface area contributed by atoms with Gasteiger partial charge in [0.25, 0.3) is 0 Å². The van der Waals surface area contributed by atoms with Gasteiger partial charge in [-0.15, -0.1) is 0 Å². The molecule has 14 heavy (non-hydrogen) atoms. The molecule has 0 heterocycles. The summed E-state index contributed by atoms with van der Waals surface area (Å²) in [6.07, 6.45) is 0.836. The molecule has 0 aliphatic rings. The largest absolute Gasteiger partial charge is 0.408 e. The molecular formula is C9H22NO3P. The van der Waals surface area contributed by atoms with E-state index in [4.69, 9.17) is 9.05 Å². The molecule has 0 aliphatic heterocycles. The fourth-order valence-electron chi connectivity index (χ4n) is 0.872. The Kier molecular flexibility index (Phi) is 6.62. The van der Waals surface area contributed by atoms with Gasteiger partial charge in [0.05, 0.1) is 13.2 Å². The van der Waals surface area contributed by atoms with Crippen molar-refractivity contribution in [1.29, 1.82) is 0 Å². The van der Waals surface area contributed by atoms with Crippen molar-refractivity contribution < 1.29 is 13.6 Å². The Morgan fingerprint density at radius 1 is 1.29 bits per heavy atom. The van der Waals surface area contributed by atoms with E-state index >= 15 is 0 Å². The molecule has 0 aromatic carbocycles. The van der Waals surface area contributed by atoms with E-state index in [9.17, 15) is 4.57 Å². The Hall–Kier alpha value is 0.110. The number of hydrogen-bond acceptors (Lipinski definition) is 3. The molecule has 86 valence electrons. The first-order valence-electron chi connectivity index (χ1n) is 5.10. The fraction of sp³-hybridized carbons (Fsp3) is 1.00. The van der Waals surface area contributed by atoms with Crippen molar-refractivity contribution >= 4 is 7.75 Å². The standard InChI is InChI=1S/C9H22NO3P/c1-6-8-13-14(11,12-7-2)10(5)9(3)4/h9H,6-8H2,1-5H3. The molecule has 1 unspecified atom stereocenters. The lowest BCUT2D eigenvalue weighted by molar-refractivity contribution is 0.161. The maximum Gasteiger partial charge on any atom is 0.408 e. The van der Waals surface area contributed by atoms with Gasteiger partial charge in [0.15, 0.2) is 0 Å². The fourth-order valence-corrected chi connectivity index (χ4v) is 2.62. The van der Waals surface area contributed by atoms with Crippen LogP contribution in [0.4, 0.5) is 0 Å². The Balaban J connectivity index is 4.45. The highest BCUT2D eigenvalue weighted by Gasteiger charge is 2.31. The summed E-state index contributed by atoms with van der Waals surface area (Å²) in [6.45, 7) is 8.58. The lowest BCUT2D eigenvalue weighted by Gasteiger charge is -2.29. The zero-order valence-electron chi connectivity index (χ0n) is 9.82. The summed E-state index contributed by atoms with van der Waals surface area (Å²) in [5.74, 6) is 0. The lowest BCUT2D eigenvalue weighted by Crippen LogP contribution is -2.25. The van der Waals surface area contributed by atoms with Crippen LogP contribution in [-0.4, -0.2) is 31.0 Å². The van der Waals surface area contributed by atoms with Crippen molar-refractivity contribution in [2.45, 2.75) is 40.2 Å². The number of hydrogen-bond donors (Lipinski definition) is 0. The Morgan fingerprint density at radius 3 is 2.21 bits per heavy atom. The first-order chi connectivity index (χ1) is 6.48. The zero-order valence-corrected chi connectivity index (χ0v) is 10.7. The number of rotatable bonds is 7. The molecule has 0 aromatic heterocycles. The van der Waals surface area contributed by atoms with Crippen molar-refractivity contribution in [3.8, 4) is 0 Å². The third-order valence-electron chi connectivity index (χ3n) is 1.88. The van der Waals surface area contributed by atoms with Crippen LogP contribution in [0.25, 0.3) is 0 Å². The Morgan fingerprint density at radius 2 is 1.86 bits per heavy atom. The molecule has 0 radical (unpaired) electrons. The van der Waals surface area contributed by atoms with Crippen LogP contribution in [0.1, 0.15) is 34.1 Å². The summed E-state index contributed by atoms with van der Waals surface area (Å²) in [7, 11) is -1.29. The van der Waals surface area contributed by atoms with Gasteiger partial charge in [0.2, 0.25) is 0 Å². The second-order valence-corrected chi connectivity index (χ2v) is 5.47. The van der Waals surface area contributed by atoms with Gasteiger partial charge in [0.1, 0.15) is 0 Å². The predicted molar refractivity (Wildman–Crippen MR) is 58.4 cm³/mol. The van der Waals surface area contributed by atoms with Gasteiger partial charge in [-0.2, -0.15) is 0 Å². The van der Waals surface area contributed by atoms with E-state index in [1.807, 2.05) is 27.7 Å². The van der Waals surface area contributed by atoms with Crippen LogP contribution in [0.2, 0.25) is 0 Å². The van der Waals surface area contributed by atoms with Gasteiger partial charge in [-0.1, -0.05) is 6.92 Å². The molecule has 4 nitrogen and oxygen atoms in total. The molecule has 0 N–H and O–H groups in total. The van der Waals surface area contributed by atoms with Gasteiger partial charge in [-0.3, -0.25) is 9.05 Å². The highest BCUT2D eigenvalue weighted by atomic mass is 31.2. The SMILES string of the molecule is CCCOP(=O)(OCC)N(C)C(C)C. The molecule has 0 rings (SSSR count). The summed E-state index contributed by atoms with van der Waals surface area (Å²) >= 11 is 0. The minimum Gasteiger partial charge on any atom is -0.297 e. The van der Waals surface area contributed by atoms with Crippen molar-refractivity contribution in [3.63, 3.8) is 0 Å². The molecule has 0 saturated heterocycles. The van der Waals surface area contributed by atoms with Gasteiger partial charge < -0.3 is 0 Å². The van der Waals surface area contributed by atoms with Crippen LogP contribution in [-0.2, 0) is 13.6 Å². The summed E-state index contributed by atoms with van der Waals surface area (Å²) < 4.78 is 24.4. The molecule has 5 heteroatoms. The molecule has 0 amide bonds. The van der Waals surface area contributed by atoms with E-state index in [1.54, 1.807) is 11.7 Å². The molecule has 0 bridgehead atoms. The monoisotopic (exact) mass is 223 g/mol. The third-order valence-corrected chi connectivity index (χ3v) is 4.21. The average molecular weight is 223 g/mol. The van der Waals surface area contributed by atoms with Crippen LogP contribution in [0, 0.1) is 0 Å². The van der Waals surface area contributed by atoms with E-state index in [1.165, 1.54) is 0 Å². The van der Waals surface area contributed by atoms with Crippen LogP contribution < -0.4 is 0 Å². The van der Waals surface area contributed by atoms with Crippen molar-refractivity contribution in [2.24, 2.45) is 0 Å². The molecule has 0 aliphatic carbocycles. The topological polar surface area (TPSA) is 38.8 Å². The minimum absolute atomic E-state index is 0.143. The van der Waals surface area contributed by atoms with Gasteiger partial charge >= 0.3 is 7.75 Å². The van der Waals surface area contributed by atoms with Gasteiger partial charge in [-0.05, 0) is 34.2 Å². The molecule has 0 saturated carbocycles. The summed E-state index contributed by atoms with van der Waals surface area (Å²) in [5.41, 5.74) is 0. The van der Waals surface area contributed by atoms with Crippen molar-refractivity contribution in [2.75, 3.05) is 20.3 Å². The van der Waals surface area contributed by atoms with Gasteiger partial charge in [-0.25, -0.2) is 9.24 Å². The molecule has 0 fully saturated rings.